The lowest BCUT2D eigenvalue weighted by molar-refractivity contribution is 0.0827. The standard InChI is InChI=1S/C18H21NO2/c1-5-13-8-7-11-16(17(13)21-4)14-9-6-10-15(12-14)18(20)19(2)3/h6-12H,5H2,1-4H3. The Bertz CT molecular complexity index is 647. The van der Waals surface area contributed by atoms with Gasteiger partial charge < -0.3 is 9.64 Å². The molecule has 0 saturated carbocycles. The zero-order valence-corrected chi connectivity index (χ0v) is 13.0. The van der Waals surface area contributed by atoms with Gasteiger partial charge in [-0.15, -0.1) is 0 Å². The van der Waals surface area contributed by atoms with Crippen molar-refractivity contribution >= 4 is 5.91 Å². The lowest BCUT2D eigenvalue weighted by Crippen LogP contribution is -2.21. The summed E-state index contributed by atoms with van der Waals surface area (Å²) in [7, 11) is 5.20. The molecule has 21 heavy (non-hydrogen) atoms. The molecule has 2 rings (SSSR count). The Labute approximate surface area is 126 Å². The van der Waals surface area contributed by atoms with Crippen LogP contribution >= 0.6 is 0 Å². The van der Waals surface area contributed by atoms with Gasteiger partial charge in [0, 0.05) is 25.2 Å². The normalized spacial score (nSPS) is 10.3. The highest BCUT2D eigenvalue weighted by Crippen LogP contribution is 2.33. The smallest absolute Gasteiger partial charge is 0.253 e. The summed E-state index contributed by atoms with van der Waals surface area (Å²) in [5, 5.41) is 0. The summed E-state index contributed by atoms with van der Waals surface area (Å²) >= 11 is 0. The highest BCUT2D eigenvalue weighted by molar-refractivity contribution is 5.95. The zero-order chi connectivity index (χ0) is 15.4. The second-order valence-electron chi connectivity index (χ2n) is 5.13. The molecule has 0 aliphatic carbocycles. The summed E-state index contributed by atoms with van der Waals surface area (Å²) in [4.78, 5) is 13.7. The molecule has 3 heteroatoms. The summed E-state index contributed by atoms with van der Waals surface area (Å²) in [6, 6.07) is 13.8. The molecule has 0 aromatic heterocycles. The molecular weight excluding hydrogens is 262 g/mol. The number of carbonyl (C=O) groups excluding carboxylic acids is 1. The molecule has 2 aromatic rings. The van der Waals surface area contributed by atoms with E-state index in [9.17, 15) is 4.79 Å². The number of para-hydroxylation sites is 1. The summed E-state index contributed by atoms with van der Waals surface area (Å²) in [5.41, 5.74) is 3.86. The summed E-state index contributed by atoms with van der Waals surface area (Å²) in [6.45, 7) is 2.10. The monoisotopic (exact) mass is 283 g/mol. The Morgan fingerprint density at radius 3 is 2.48 bits per heavy atom. The summed E-state index contributed by atoms with van der Waals surface area (Å²) in [6.07, 6.45) is 0.910. The molecule has 0 bridgehead atoms. The van der Waals surface area contributed by atoms with E-state index in [-0.39, 0.29) is 5.91 Å². The fraction of sp³-hybridized carbons (Fsp3) is 0.278. The van der Waals surface area contributed by atoms with Crippen LogP contribution in [0.3, 0.4) is 0 Å². The number of hydrogen-bond donors (Lipinski definition) is 0. The van der Waals surface area contributed by atoms with Crippen LogP contribution in [0.1, 0.15) is 22.8 Å². The van der Waals surface area contributed by atoms with Gasteiger partial charge in [0.2, 0.25) is 0 Å². The molecule has 0 spiro atoms. The minimum atomic E-state index is 0.00228. The van der Waals surface area contributed by atoms with Crippen molar-refractivity contribution in [3.05, 3.63) is 53.6 Å². The summed E-state index contributed by atoms with van der Waals surface area (Å²) < 4.78 is 5.57. The summed E-state index contributed by atoms with van der Waals surface area (Å²) in [5.74, 6) is 0.886. The lowest BCUT2D eigenvalue weighted by Gasteiger charge is -2.14. The Kier molecular flexibility index (Phi) is 4.63. The molecule has 110 valence electrons. The number of carbonyl (C=O) groups is 1. The van der Waals surface area contributed by atoms with Gasteiger partial charge in [-0.1, -0.05) is 37.3 Å². The van der Waals surface area contributed by atoms with Crippen molar-refractivity contribution in [2.24, 2.45) is 0 Å². The maximum Gasteiger partial charge on any atom is 0.253 e. The van der Waals surface area contributed by atoms with Crippen molar-refractivity contribution in [2.75, 3.05) is 21.2 Å². The molecule has 1 amide bonds. The third-order valence-corrected chi connectivity index (χ3v) is 3.51. The van der Waals surface area contributed by atoms with Gasteiger partial charge in [0.25, 0.3) is 5.91 Å². The van der Waals surface area contributed by atoms with Crippen LogP contribution in [-0.2, 0) is 6.42 Å². The van der Waals surface area contributed by atoms with E-state index in [1.54, 1.807) is 26.1 Å². The van der Waals surface area contributed by atoms with Gasteiger partial charge in [-0.3, -0.25) is 4.79 Å². The fourth-order valence-corrected chi connectivity index (χ4v) is 2.41. The van der Waals surface area contributed by atoms with Crippen molar-refractivity contribution in [3.8, 4) is 16.9 Å². The quantitative estimate of drug-likeness (QED) is 0.857. The first-order chi connectivity index (χ1) is 10.1. The average molecular weight is 283 g/mol. The zero-order valence-electron chi connectivity index (χ0n) is 13.0. The van der Waals surface area contributed by atoms with Gasteiger partial charge in [-0.05, 0) is 29.7 Å². The van der Waals surface area contributed by atoms with Crippen molar-refractivity contribution in [3.63, 3.8) is 0 Å². The van der Waals surface area contributed by atoms with E-state index in [2.05, 4.69) is 13.0 Å². The van der Waals surface area contributed by atoms with Crippen molar-refractivity contribution in [1.29, 1.82) is 0 Å². The van der Waals surface area contributed by atoms with Crippen molar-refractivity contribution < 1.29 is 9.53 Å². The third kappa shape index (κ3) is 3.07. The van der Waals surface area contributed by atoms with Crippen molar-refractivity contribution in [2.45, 2.75) is 13.3 Å². The number of methoxy groups -OCH3 is 1. The molecule has 0 N–H and O–H groups in total. The van der Waals surface area contributed by atoms with E-state index in [0.717, 1.165) is 23.3 Å². The number of ether oxygens (including phenoxy) is 1. The topological polar surface area (TPSA) is 29.5 Å². The molecule has 0 saturated heterocycles. The van der Waals surface area contributed by atoms with Crippen LogP contribution in [0.15, 0.2) is 42.5 Å². The second-order valence-corrected chi connectivity index (χ2v) is 5.13. The first-order valence-corrected chi connectivity index (χ1v) is 7.06. The van der Waals surface area contributed by atoms with Gasteiger partial charge in [-0.2, -0.15) is 0 Å². The highest BCUT2D eigenvalue weighted by Gasteiger charge is 2.13. The first kappa shape index (κ1) is 15.1. The molecule has 0 aliphatic heterocycles. The van der Waals surface area contributed by atoms with Gasteiger partial charge in [-0.25, -0.2) is 0 Å². The van der Waals surface area contributed by atoms with Crippen LogP contribution in [-0.4, -0.2) is 32.0 Å². The maximum atomic E-state index is 12.1. The third-order valence-electron chi connectivity index (χ3n) is 3.51. The minimum absolute atomic E-state index is 0.00228. The SMILES string of the molecule is CCc1cccc(-c2cccc(C(=O)N(C)C)c2)c1OC. The fourth-order valence-electron chi connectivity index (χ4n) is 2.41. The van der Waals surface area contributed by atoms with Crippen LogP contribution in [0, 0.1) is 0 Å². The molecule has 0 aliphatic rings. The van der Waals surface area contributed by atoms with Crippen LogP contribution in [0.4, 0.5) is 0 Å². The minimum Gasteiger partial charge on any atom is -0.496 e. The molecule has 0 heterocycles. The van der Waals surface area contributed by atoms with E-state index >= 15 is 0 Å². The lowest BCUT2D eigenvalue weighted by atomic mass is 9.98. The number of rotatable bonds is 4. The van der Waals surface area contributed by atoms with Crippen molar-refractivity contribution in [1.82, 2.24) is 4.90 Å². The van der Waals surface area contributed by atoms with Crippen LogP contribution in [0.2, 0.25) is 0 Å². The van der Waals surface area contributed by atoms with Gasteiger partial charge in [0.1, 0.15) is 5.75 Å². The van der Waals surface area contributed by atoms with Gasteiger partial charge in [0.05, 0.1) is 7.11 Å². The van der Waals surface area contributed by atoms with Crippen LogP contribution in [0.5, 0.6) is 5.75 Å². The predicted molar refractivity (Wildman–Crippen MR) is 85.8 cm³/mol. The molecular formula is C18H21NO2. The average Bonchev–Trinajstić information content (AvgIpc) is 2.53. The van der Waals surface area contributed by atoms with E-state index < -0.39 is 0 Å². The molecule has 0 unspecified atom stereocenters. The Hall–Kier alpha value is -2.29. The second kappa shape index (κ2) is 6.44. The molecule has 2 aromatic carbocycles. The first-order valence-electron chi connectivity index (χ1n) is 7.06. The van der Waals surface area contributed by atoms with Crippen LogP contribution in [0.25, 0.3) is 11.1 Å². The number of nitrogens with zero attached hydrogens (tertiary/aromatic N) is 1. The number of hydrogen-bond acceptors (Lipinski definition) is 2. The van der Waals surface area contributed by atoms with E-state index in [1.807, 2.05) is 36.4 Å². The molecule has 0 radical (unpaired) electrons. The van der Waals surface area contributed by atoms with Gasteiger partial charge in [0.15, 0.2) is 0 Å². The number of aryl methyl sites for hydroxylation is 1. The Morgan fingerprint density at radius 1 is 1.14 bits per heavy atom. The van der Waals surface area contributed by atoms with E-state index in [0.29, 0.717) is 5.56 Å². The Morgan fingerprint density at radius 2 is 1.86 bits per heavy atom. The van der Waals surface area contributed by atoms with Crippen LogP contribution < -0.4 is 4.74 Å². The Balaban J connectivity index is 2.53. The highest BCUT2D eigenvalue weighted by atomic mass is 16.5. The molecule has 3 nitrogen and oxygen atoms in total. The number of benzene rings is 2. The largest absolute Gasteiger partial charge is 0.496 e. The maximum absolute atomic E-state index is 12.1. The predicted octanol–water partition coefficient (Wildman–Crippen LogP) is 3.63. The van der Waals surface area contributed by atoms with Gasteiger partial charge >= 0.3 is 0 Å². The number of amides is 1. The molecule has 0 atom stereocenters. The van der Waals surface area contributed by atoms with E-state index in [1.165, 1.54) is 5.56 Å². The molecule has 0 fully saturated rings. The van der Waals surface area contributed by atoms with E-state index in [4.69, 9.17) is 4.74 Å².